The van der Waals surface area contributed by atoms with Gasteiger partial charge in [-0.15, -0.1) is 0 Å². The monoisotopic (exact) mass is 240 g/mol. The van der Waals surface area contributed by atoms with Crippen molar-refractivity contribution in [3.05, 3.63) is 5.69 Å². The summed E-state index contributed by atoms with van der Waals surface area (Å²) < 4.78 is 7.40. The van der Waals surface area contributed by atoms with Crippen LogP contribution in [-0.2, 0) is 4.74 Å². The highest BCUT2D eigenvalue weighted by Gasteiger charge is 2.15. The molecule has 0 aliphatic carbocycles. The number of ether oxygens (including phenoxy) is 1. The van der Waals surface area contributed by atoms with E-state index in [1.165, 1.54) is 0 Å². The van der Waals surface area contributed by atoms with E-state index < -0.39 is 0 Å². The molecule has 0 aliphatic rings. The predicted molar refractivity (Wildman–Crippen MR) is 71.3 cm³/mol. The summed E-state index contributed by atoms with van der Waals surface area (Å²) in [7, 11) is 0. The van der Waals surface area contributed by atoms with Gasteiger partial charge >= 0.3 is 0 Å². The summed E-state index contributed by atoms with van der Waals surface area (Å²) in [5.41, 5.74) is 7.61. The van der Waals surface area contributed by atoms with E-state index in [2.05, 4.69) is 24.3 Å². The standard InChI is InChI=1S/C12H24N4O/c1-6-17-9(4)7-14-12-11(13)10(5)15-16(12)8(2)3/h8-9,14H,6-7,13H2,1-5H3. The summed E-state index contributed by atoms with van der Waals surface area (Å²) in [6.45, 7) is 11.6. The highest BCUT2D eigenvalue weighted by Crippen LogP contribution is 2.25. The lowest BCUT2D eigenvalue weighted by Crippen LogP contribution is -2.22. The van der Waals surface area contributed by atoms with Gasteiger partial charge in [0.25, 0.3) is 0 Å². The van der Waals surface area contributed by atoms with Crippen molar-refractivity contribution < 1.29 is 4.74 Å². The fraction of sp³-hybridized carbons (Fsp3) is 0.750. The molecule has 0 amide bonds. The third-order valence-electron chi connectivity index (χ3n) is 2.63. The number of hydrogen-bond donors (Lipinski definition) is 2. The number of nitrogens with zero attached hydrogens (tertiary/aromatic N) is 2. The zero-order valence-corrected chi connectivity index (χ0v) is 11.4. The molecule has 1 heterocycles. The van der Waals surface area contributed by atoms with Crippen molar-refractivity contribution in [3.63, 3.8) is 0 Å². The van der Waals surface area contributed by atoms with Crippen molar-refractivity contribution in [2.45, 2.75) is 46.8 Å². The molecule has 1 atom stereocenters. The zero-order valence-electron chi connectivity index (χ0n) is 11.4. The summed E-state index contributed by atoms with van der Waals surface area (Å²) in [6.07, 6.45) is 0.162. The number of nitrogens with one attached hydrogen (secondary N) is 1. The Morgan fingerprint density at radius 1 is 1.41 bits per heavy atom. The third-order valence-corrected chi connectivity index (χ3v) is 2.63. The van der Waals surface area contributed by atoms with E-state index >= 15 is 0 Å². The van der Waals surface area contributed by atoms with Crippen LogP contribution in [0.2, 0.25) is 0 Å². The topological polar surface area (TPSA) is 65.1 Å². The minimum Gasteiger partial charge on any atom is -0.394 e. The largest absolute Gasteiger partial charge is 0.394 e. The van der Waals surface area contributed by atoms with Gasteiger partial charge < -0.3 is 15.8 Å². The molecule has 1 aromatic rings. The van der Waals surface area contributed by atoms with E-state index in [0.29, 0.717) is 0 Å². The second-order valence-electron chi connectivity index (χ2n) is 4.53. The van der Waals surface area contributed by atoms with Crippen LogP contribution in [0.1, 0.15) is 39.4 Å². The molecule has 0 radical (unpaired) electrons. The van der Waals surface area contributed by atoms with Crippen molar-refractivity contribution in [1.29, 1.82) is 0 Å². The molecule has 5 nitrogen and oxygen atoms in total. The van der Waals surface area contributed by atoms with E-state index in [4.69, 9.17) is 10.5 Å². The Morgan fingerprint density at radius 3 is 2.59 bits per heavy atom. The van der Waals surface area contributed by atoms with Crippen LogP contribution >= 0.6 is 0 Å². The molecule has 0 bridgehead atoms. The second-order valence-corrected chi connectivity index (χ2v) is 4.53. The highest BCUT2D eigenvalue weighted by molar-refractivity contribution is 5.64. The van der Waals surface area contributed by atoms with E-state index in [9.17, 15) is 0 Å². The van der Waals surface area contributed by atoms with Gasteiger partial charge in [-0.1, -0.05) is 0 Å². The maximum Gasteiger partial charge on any atom is 0.148 e. The van der Waals surface area contributed by atoms with E-state index in [1.807, 2.05) is 25.5 Å². The van der Waals surface area contributed by atoms with E-state index in [1.54, 1.807) is 0 Å². The SMILES string of the molecule is CCOC(C)CNc1c(N)c(C)nn1C(C)C. The van der Waals surface area contributed by atoms with Crippen molar-refractivity contribution in [1.82, 2.24) is 9.78 Å². The van der Waals surface area contributed by atoms with Crippen molar-refractivity contribution in [2.75, 3.05) is 24.2 Å². The number of aromatic nitrogens is 2. The van der Waals surface area contributed by atoms with Gasteiger partial charge in [0.2, 0.25) is 0 Å². The fourth-order valence-corrected chi connectivity index (χ4v) is 1.69. The summed E-state index contributed by atoms with van der Waals surface area (Å²) in [4.78, 5) is 0. The van der Waals surface area contributed by atoms with Gasteiger partial charge in [-0.25, -0.2) is 4.68 Å². The minimum absolute atomic E-state index is 0.162. The van der Waals surface area contributed by atoms with Crippen LogP contribution in [0.3, 0.4) is 0 Å². The molecule has 5 heteroatoms. The highest BCUT2D eigenvalue weighted by atomic mass is 16.5. The Morgan fingerprint density at radius 2 is 2.06 bits per heavy atom. The Kier molecular flexibility index (Phi) is 4.81. The number of nitrogens with two attached hydrogens (primary N) is 1. The van der Waals surface area contributed by atoms with Gasteiger partial charge in [0, 0.05) is 19.2 Å². The quantitative estimate of drug-likeness (QED) is 0.800. The number of aryl methyl sites for hydroxylation is 1. The Hall–Kier alpha value is -1.23. The lowest BCUT2D eigenvalue weighted by Gasteiger charge is -2.16. The lowest BCUT2D eigenvalue weighted by atomic mass is 10.3. The second kappa shape index (κ2) is 5.91. The number of nitrogen functional groups attached to an aromatic ring is 1. The summed E-state index contributed by atoms with van der Waals surface area (Å²) in [5, 5.41) is 7.74. The molecule has 98 valence electrons. The molecule has 0 aliphatic heterocycles. The van der Waals surface area contributed by atoms with Gasteiger partial charge in [-0.2, -0.15) is 5.10 Å². The number of rotatable bonds is 6. The average molecular weight is 240 g/mol. The number of hydrogen-bond acceptors (Lipinski definition) is 4. The first kappa shape index (κ1) is 13.8. The molecule has 1 rings (SSSR count). The van der Waals surface area contributed by atoms with Crippen LogP contribution in [-0.4, -0.2) is 29.0 Å². The normalized spacial score (nSPS) is 13.1. The Balaban J connectivity index is 2.75. The first-order valence-corrected chi connectivity index (χ1v) is 6.17. The maximum absolute atomic E-state index is 6.01. The van der Waals surface area contributed by atoms with Gasteiger partial charge in [0.1, 0.15) is 5.82 Å². The maximum atomic E-state index is 6.01. The Bertz CT molecular complexity index is 360. The molecule has 1 unspecified atom stereocenters. The van der Waals surface area contributed by atoms with Gasteiger partial charge in [0.05, 0.1) is 17.5 Å². The lowest BCUT2D eigenvalue weighted by molar-refractivity contribution is 0.0854. The van der Waals surface area contributed by atoms with Crippen LogP contribution in [0.4, 0.5) is 11.5 Å². The summed E-state index contributed by atoms with van der Waals surface area (Å²) in [5.74, 6) is 0.893. The average Bonchev–Trinajstić information content (AvgIpc) is 2.54. The molecule has 0 saturated heterocycles. The van der Waals surface area contributed by atoms with Crippen LogP contribution in [0.25, 0.3) is 0 Å². The molecule has 0 saturated carbocycles. The van der Waals surface area contributed by atoms with Crippen molar-refractivity contribution >= 4 is 11.5 Å². The Labute approximate surface area is 103 Å². The summed E-state index contributed by atoms with van der Waals surface area (Å²) >= 11 is 0. The first-order valence-electron chi connectivity index (χ1n) is 6.17. The third kappa shape index (κ3) is 3.36. The zero-order chi connectivity index (χ0) is 13.0. The van der Waals surface area contributed by atoms with Crippen LogP contribution in [0.5, 0.6) is 0 Å². The van der Waals surface area contributed by atoms with E-state index in [0.717, 1.165) is 30.4 Å². The molecular formula is C12H24N4O. The molecular weight excluding hydrogens is 216 g/mol. The predicted octanol–water partition coefficient (Wildman–Crippen LogP) is 2.19. The number of anilines is 2. The van der Waals surface area contributed by atoms with Gasteiger partial charge in [0.15, 0.2) is 0 Å². The molecule has 0 fully saturated rings. The smallest absolute Gasteiger partial charge is 0.148 e. The summed E-state index contributed by atoms with van der Waals surface area (Å²) in [6, 6.07) is 0.288. The molecule has 0 aromatic carbocycles. The van der Waals surface area contributed by atoms with Crippen LogP contribution in [0, 0.1) is 6.92 Å². The fourth-order valence-electron chi connectivity index (χ4n) is 1.69. The van der Waals surface area contributed by atoms with Crippen LogP contribution < -0.4 is 11.1 Å². The van der Waals surface area contributed by atoms with Gasteiger partial charge in [-0.3, -0.25) is 0 Å². The molecule has 17 heavy (non-hydrogen) atoms. The molecule has 1 aromatic heterocycles. The first-order chi connectivity index (χ1) is 7.97. The van der Waals surface area contributed by atoms with Crippen molar-refractivity contribution in [3.8, 4) is 0 Å². The van der Waals surface area contributed by atoms with E-state index in [-0.39, 0.29) is 12.1 Å². The molecule has 3 N–H and O–H groups in total. The van der Waals surface area contributed by atoms with Crippen molar-refractivity contribution in [2.24, 2.45) is 0 Å². The van der Waals surface area contributed by atoms with Crippen LogP contribution in [0.15, 0.2) is 0 Å². The molecule has 0 spiro atoms. The minimum atomic E-state index is 0.162. The van der Waals surface area contributed by atoms with Gasteiger partial charge in [-0.05, 0) is 34.6 Å².